The Bertz CT molecular complexity index is 606. The topological polar surface area (TPSA) is 119 Å². The molecular weight excluding hydrogens is 294 g/mol. The number of carbonyl (C=O) groups is 1. The smallest absolute Gasteiger partial charge is 0.245 e. The Morgan fingerprint density at radius 2 is 2.24 bits per heavy atom. The summed E-state index contributed by atoms with van der Waals surface area (Å²) in [6, 6.07) is 0.328. The van der Waals surface area contributed by atoms with E-state index in [-0.39, 0.29) is 23.2 Å². The predicted molar refractivity (Wildman–Crippen MR) is 77.9 cm³/mol. The second-order valence-electron chi connectivity index (χ2n) is 5.08. The molecule has 0 aliphatic heterocycles. The summed E-state index contributed by atoms with van der Waals surface area (Å²) < 4.78 is 28.0. The van der Waals surface area contributed by atoms with Crippen molar-refractivity contribution >= 4 is 21.7 Å². The molecule has 1 saturated carbocycles. The Morgan fingerprint density at radius 3 is 2.81 bits per heavy atom. The van der Waals surface area contributed by atoms with Crippen LogP contribution in [0.2, 0.25) is 0 Å². The van der Waals surface area contributed by atoms with Crippen molar-refractivity contribution in [2.45, 2.75) is 50.1 Å². The first-order chi connectivity index (χ1) is 9.92. The lowest BCUT2D eigenvalue weighted by Gasteiger charge is -2.06. The van der Waals surface area contributed by atoms with Gasteiger partial charge in [0.25, 0.3) is 0 Å². The Balaban J connectivity index is 1.80. The van der Waals surface area contributed by atoms with Crippen LogP contribution in [0.3, 0.4) is 0 Å². The van der Waals surface area contributed by atoms with Gasteiger partial charge in [-0.2, -0.15) is 5.10 Å². The van der Waals surface area contributed by atoms with Gasteiger partial charge in [0.2, 0.25) is 15.9 Å². The molecule has 0 aromatic carbocycles. The maximum absolute atomic E-state index is 12.1. The number of sulfonamides is 1. The molecule has 0 unspecified atom stereocenters. The maximum atomic E-state index is 12.1. The lowest BCUT2D eigenvalue weighted by Crippen LogP contribution is -2.28. The molecule has 1 aromatic rings. The van der Waals surface area contributed by atoms with Gasteiger partial charge < -0.3 is 11.1 Å². The molecule has 0 spiro atoms. The number of carbonyl (C=O) groups excluding carboxylic acids is 1. The van der Waals surface area contributed by atoms with E-state index in [4.69, 9.17) is 5.73 Å². The van der Waals surface area contributed by atoms with E-state index >= 15 is 0 Å². The fourth-order valence-corrected chi connectivity index (χ4v) is 2.99. The van der Waals surface area contributed by atoms with Crippen molar-refractivity contribution in [3.05, 3.63) is 6.20 Å². The van der Waals surface area contributed by atoms with Crippen molar-refractivity contribution in [2.75, 3.05) is 12.3 Å². The summed E-state index contributed by atoms with van der Waals surface area (Å²) in [4.78, 5) is 11.4. The normalized spacial score (nSPS) is 15.1. The Labute approximate surface area is 124 Å². The molecule has 9 heteroatoms. The number of amides is 1. The third-order valence-electron chi connectivity index (χ3n) is 3.18. The zero-order chi connectivity index (χ0) is 15.5. The van der Waals surface area contributed by atoms with E-state index in [0.29, 0.717) is 25.4 Å². The van der Waals surface area contributed by atoms with E-state index in [2.05, 4.69) is 15.1 Å². The molecule has 118 valence electrons. The second-order valence-corrected chi connectivity index (χ2v) is 6.81. The van der Waals surface area contributed by atoms with Gasteiger partial charge in [-0.3, -0.25) is 9.48 Å². The average molecular weight is 315 g/mol. The summed E-state index contributed by atoms with van der Waals surface area (Å²) in [5.41, 5.74) is 5.60. The Kier molecular flexibility index (Phi) is 4.84. The summed E-state index contributed by atoms with van der Waals surface area (Å²) in [6.45, 7) is 2.58. The highest BCUT2D eigenvalue weighted by Gasteiger charge is 2.23. The molecule has 0 saturated heterocycles. The van der Waals surface area contributed by atoms with Crippen molar-refractivity contribution in [1.29, 1.82) is 0 Å². The molecule has 4 N–H and O–H groups in total. The quantitative estimate of drug-likeness (QED) is 0.575. The zero-order valence-electron chi connectivity index (χ0n) is 12.0. The highest BCUT2D eigenvalue weighted by Crippen LogP contribution is 2.19. The van der Waals surface area contributed by atoms with E-state index < -0.39 is 10.0 Å². The van der Waals surface area contributed by atoms with E-state index in [9.17, 15) is 13.2 Å². The molecule has 1 aliphatic rings. The number of anilines is 1. The average Bonchev–Trinajstić information content (AvgIpc) is 3.14. The minimum atomic E-state index is -3.68. The van der Waals surface area contributed by atoms with E-state index in [1.54, 1.807) is 0 Å². The molecule has 1 fully saturated rings. The van der Waals surface area contributed by atoms with Crippen LogP contribution in [0.15, 0.2) is 11.1 Å². The number of aromatic nitrogens is 2. The van der Waals surface area contributed by atoms with E-state index in [0.717, 1.165) is 12.8 Å². The van der Waals surface area contributed by atoms with Crippen molar-refractivity contribution in [3.8, 4) is 0 Å². The third kappa shape index (κ3) is 4.43. The van der Waals surface area contributed by atoms with Gasteiger partial charge in [-0.05, 0) is 26.2 Å². The largest absolute Gasteiger partial charge is 0.381 e. The fraction of sp³-hybridized carbons (Fsp3) is 0.667. The Hall–Kier alpha value is -1.61. The summed E-state index contributed by atoms with van der Waals surface area (Å²) in [5.74, 6) is -0.0501. The number of aryl methyl sites for hydroxylation is 1. The van der Waals surface area contributed by atoms with Crippen molar-refractivity contribution in [3.63, 3.8) is 0 Å². The molecule has 0 atom stereocenters. The molecular formula is C12H21N5O3S. The lowest BCUT2D eigenvalue weighted by molar-refractivity contribution is -0.121. The minimum Gasteiger partial charge on any atom is -0.381 e. The van der Waals surface area contributed by atoms with Crippen molar-refractivity contribution < 1.29 is 13.2 Å². The van der Waals surface area contributed by atoms with E-state index in [1.807, 2.05) is 6.92 Å². The molecule has 0 bridgehead atoms. The number of hydrogen-bond donors (Lipinski definition) is 3. The standard InChI is InChI=1S/C12H21N5O3S/c1-2-17-8-10(12(13)16-17)21(19,20)14-7-3-4-11(18)15-9-5-6-9/h8-9,14H,2-7H2,1H3,(H2,13,16)(H,15,18). The molecule has 1 heterocycles. The van der Waals surface area contributed by atoms with Gasteiger partial charge in [0.15, 0.2) is 5.82 Å². The van der Waals surface area contributed by atoms with Crippen molar-refractivity contribution in [1.82, 2.24) is 19.8 Å². The highest BCUT2D eigenvalue weighted by molar-refractivity contribution is 7.89. The molecule has 2 rings (SSSR count). The maximum Gasteiger partial charge on any atom is 0.245 e. The summed E-state index contributed by atoms with van der Waals surface area (Å²) >= 11 is 0. The van der Waals surface area contributed by atoms with Gasteiger partial charge >= 0.3 is 0 Å². The lowest BCUT2D eigenvalue weighted by atomic mass is 10.3. The molecule has 0 radical (unpaired) electrons. The molecule has 21 heavy (non-hydrogen) atoms. The highest BCUT2D eigenvalue weighted by atomic mass is 32.2. The summed E-state index contributed by atoms with van der Waals surface area (Å²) in [5, 5.41) is 6.76. The van der Waals surface area contributed by atoms with Crippen LogP contribution in [-0.2, 0) is 21.4 Å². The van der Waals surface area contributed by atoms with Gasteiger partial charge in [0.1, 0.15) is 4.90 Å². The van der Waals surface area contributed by atoms with Crippen LogP contribution in [0.4, 0.5) is 5.82 Å². The van der Waals surface area contributed by atoms with Crippen LogP contribution in [-0.4, -0.2) is 36.7 Å². The Morgan fingerprint density at radius 1 is 1.52 bits per heavy atom. The molecule has 1 aromatic heterocycles. The fourth-order valence-electron chi connectivity index (χ4n) is 1.85. The monoisotopic (exact) mass is 315 g/mol. The zero-order valence-corrected chi connectivity index (χ0v) is 12.8. The van der Waals surface area contributed by atoms with Gasteiger partial charge in [0.05, 0.1) is 0 Å². The summed E-state index contributed by atoms with van der Waals surface area (Å²) in [7, 11) is -3.68. The molecule has 8 nitrogen and oxygen atoms in total. The first-order valence-electron chi connectivity index (χ1n) is 7.04. The van der Waals surface area contributed by atoms with E-state index in [1.165, 1.54) is 10.9 Å². The molecule has 1 amide bonds. The van der Waals surface area contributed by atoms with Crippen LogP contribution >= 0.6 is 0 Å². The number of nitrogens with two attached hydrogens (primary N) is 1. The van der Waals surface area contributed by atoms with Gasteiger partial charge in [-0.15, -0.1) is 0 Å². The number of hydrogen-bond acceptors (Lipinski definition) is 5. The van der Waals surface area contributed by atoms with Crippen LogP contribution < -0.4 is 15.8 Å². The van der Waals surface area contributed by atoms with Crippen LogP contribution in [0.1, 0.15) is 32.6 Å². The SMILES string of the molecule is CCn1cc(S(=O)(=O)NCCCC(=O)NC2CC2)c(N)n1. The van der Waals surface area contributed by atoms with Crippen molar-refractivity contribution in [2.24, 2.45) is 0 Å². The predicted octanol–water partition coefficient (Wildman–Crippen LogP) is -0.178. The number of nitrogens with zero attached hydrogens (tertiary/aromatic N) is 2. The number of nitrogen functional groups attached to an aromatic ring is 1. The van der Waals surface area contributed by atoms with Crippen LogP contribution in [0, 0.1) is 0 Å². The van der Waals surface area contributed by atoms with Gasteiger partial charge in [-0.25, -0.2) is 13.1 Å². The van der Waals surface area contributed by atoms with Crippen LogP contribution in [0.5, 0.6) is 0 Å². The minimum absolute atomic E-state index is 0.0178. The molecule has 1 aliphatic carbocycles. The first-order valence-corrected chi connectivity index (χ1v) is 8.52. The van der Waals surface area contributed by atoms with Crippen LogP contribution in [0.25, 0.3) is 0 Å². The number of rotatable bonds is 8. The second kappa shape index (κ2) is 6.44. The third-order valence-corrected chi connectivity index (χ3v) is 4.66. The number of nitrogens with one attached hydrogen (secondary N) is 2. The van der Waals surface area contributed by atoms with Gasteiger partial charge in [-0.1, -0.05) is 0 Å². The van der Waals surface area contributed by atoms with Gasteiger partial charge in [0, 0.05) is 31.7 Å². The summed E-state index contributed by atoms with van der Waals surface area (Å²) in [6.07, 6.45) is 4.23. The first kappa shape index (κ1) is 15.8.